The Kier molecular flexibility index (Phi) is 4.94. The maximum absolute atomic E-state index is 5.94. The average Bonchev–Trinajstić information content (AvgIpc) is 2.93. The molecule has 1 aromatic carbocycles. The van der Waals surface area contributed by atoms with Crippen LogP contribution < -0.4 is 10.1 Å². The number of halogens is 1. The molecule has 0 atom stereocenters. The van der Waals surface area contributed by atoms with Gasteiger partial charge in [-0.05, 0) is 30.8 Å². The molecule has 118 valence electrons. The highest BCUT2D eigenvalue weighted by Gasteiger charge is 2.09. The van der Waals surface area contributed by atoms with Crippen LogP contribution in [-0.4, -0.2) is 27.3 Å². The van der Waals surface area contributed by atoms with Crippen LogP contribution in [0.5, 0.6) is 5.75 Å². The molecule has 3 rings (SSSR count). The first-order valence-electron chi connectivity index (χ1n) is 6.56. The fourth-order valence-electron chi connectivity index (χ4n) is 1.77. The molecule has 23 heavy (non-hydrogen) atoms. The van der Waals surface area contributed by atoms with Crippen molar-refractivity contribution in [1.29, 1.82) is 0 Å². The van der Waals surface area contributed by atoms with Gasteiger partial charge < -0.3 is 10.1 Å². The van der Waals surface area contributed by atoms with Gasteiger partial charge >= 0.3 is 0 Å². The van der Waals surface area contributed by atoms with E-state index in [-0.39, 0.29) is 0 Å². The van der Waals surface area contributed by atoms with Crippen molar-refractivity contribution >= 4 is 45.5 Å². The van der Waals surface area contributed by atoms with Crippen LogP contribution in [-0.2, 0) is 0 Å². The topological polar surface area (TPSA) is 72.8 Å². The summed E-state index contributed by atoms with van der Waals surface area (Å²) in [6, 6.07) is 9.32. The molecule has 0 aliphatic rings. The number of aryl methyl sites for hydroxylation is 1. The molecule has 2 aromatic heterocycles. The summed E-state index contributed by atoms with van der Waals surface area (Å²) in [5, 5.41) is 13.3. The first-order valence-corrected chi connectivity index (χ1v) is 8.57. The second kappa shape index (κ2) is 7.12. The van der Waals surface area contributed by atoms with Crippen LogP contribution in [0.2, 0.25) is 5.15 Å². The number of anilines is 2. The maximum atomic E-state index is 5.94. The molecule has 0 aliphatic heterocycles. The number of ether oxygens (including phenoxy) is 1. The number of methoxy groups -OCH3 is 1. The summed E-state index contributed by atoms with van der Waals surface area (Å²) in [7, 11) is 1.63. The molecular weight excluding hydrogens is 354 g/mol. The Morgan fingerprint density at radius 3 is 2.87 bits per heavy atom. The minimum Gasteiger partial charge on any atom is -0.497 e. The summed E-state index contributed by atoms with van der Waals surface area (Å²) in [5.41, 5.74) is 0.887. The highest BCUT2D eigenvalue weighted by molar-refractivity contribution is 8.01. The lowest BCUT2D eigenvalue weighted by molar-refractivity contribution is 0.415. The molecule has 0 amide bonds. The summed E-state index contributed by atoms with van der Waals surface area (Å²) in [4.78, 5) is 8.35. The SMILES string of the molecule is COc1cccc(Nc2nnc(Sc3cc(Cl)nc(C)n3)s2)c1. The van der Waals surface area contributed by atoms with Crippen molar-refractivity contribution in [3.63, 3.8) is 0 Å². The monoisotopic (exact) mass is 365 g/mol. The van der Waals surface area contributed by atoms with E-state index in [4.69, 9.17) is 16.3 Å². The van der Waals surface area contributed by atoms with Gasteiger partial charge in [0.05, 0.1) is 7.11 Å². The highest BCUT2D eigenvalue weighted by atomic mass is 35.5. The number of nitrogens with one attached hydrogen (secondary N) is 1. The van der Waals surface area contributed by atoms with Crippen molar-refractivity contribution in [1.82, 2.24) is 20.2 Å². The number of nitrogens with zero attached hydrogens (tertiary/aromatic N) is 4. The fourth-order valence-corrected chi connectivity index (χ4v) is 3.83. The van der Waals surface area contributed by atoms with Crippen molar-refractivity contribution in [2.45, 2.75) is 16.3 Å². The van der Waals surface area contributed by atoms with Gasteiger partial charge in [0.15, 0.2) is 4.34 Å². The number of hydrogen-bond acceptors (Lipinski definition) is 8. The Morgan fingerprint density at radius 2 is 2.09 bits per heavy atom. The molecule has 0 spiro atoms. The summed E-state index contributed by atoms with van der Waals surface area (Å²) < 4.78 is 5.96. The highest BCUT2D eigenvalue weighted by Crippen LogP contribution is 2.33. The maximum Gasteiger partial charge on any atom is 0.210 e. The largest absolute Gasteiger partial charge is 0.497 e. The van der Waals surface area contributed by atoms with E-state index in [0.717, 1.165) is 20.8 Å². The van der Waals surface area contributed by atoms with Gasteiger partial charge in [-0.1, -0.05) is 29.0 Å². The van der Waals surface area contributed by atoms with Crippen LogP contribution in [0, 0.1) is 6.92 Å². The van der Waals surface area contributed by atoms with E-state index >= 15 is 0 Å². The van der Waals surface area contributed by atoms with E-state index in [1.54, 1.807) is 20.1 Å². The number of hydrogen-bond donors (Lipinski definition) is 1. The van der Waals surface area contributed by atoms with E-state index in [1.165, 1.54) is 23.1 Å². The van der Waals surface area contributed by atoms with Gasteiger partial charge in [0.2, 0.25) is 5.13 Å². The Hall–Kier alpha value is -1.90. The average molecular weight is 366 g/mol. The van der Waals surface area contributed by atoms with Crippen molar-refractivity contribution < 1.29 is 4.74 Å². The standard InChI is InChI=1S/C14H12ClN5OS2/c1-8-16-11(15)7-12(17-8)22-14-20-19-13(23-14)18-9-4-3-5-10(6-9)21-2/h3-7H,1-2H3,(H,18,19). The molecule has 6 nitrogen and oxygen atoms in total. The van der Waals surface area contributed by atoms with Crippen molar-refractivity contribution in [2.75, 3.05) is 12.4 Å². The van der Waals surface area contributed by atoms with Crippen LogP contribution in [0.4, 0.5) is 10.8 Å². The second-order valence-electron chi connectivity index (χ2n) is 4.41. The lowest BCUT2D eigenvalue weighted by Crippen LogP contribution is -1.90. The van der Waals surface area contributed by atoms with E-state index in [0.29, 0.717) is 16.1 Å². The smallest absolute Gasteiger partial charge is 0.210 e. The molecule has 1 N–H and O–H groups in total. The molecule has 0 saturated heterocycles. The van der Waals surface area contributed by atoms with Crippen LogP contribution in [0.1, 0.15) is 5.82 Å². The molecule has 0 fully saturated rings. The second-order valence-corrected chi connectivity index (χ2v) is 7.04. The predicted octanol–water partition coefficient (Wildman–Crippen LogP) is 4.19. The third-order valence-corrected chi connectivity index (χ3v) is 4.70. The van der Waals surface area contributed by atoms with Crippen LogP contribution in [0.3, 0.4) is 0 Å². The molecular formula is C14H12ClN5OS2. The van der Waals surface area contributed by atoms with Gasteiger partial charge in [-0.25, -0.2) is 9.97 Å². The van der Waals surface area contributed by atoms with Gasteiger partial charge in [0.1, 0.15) is 21.8 Å². The minimum absolute atomic E-state index is 0.416. The van der Waals surface area contributed by atoms with Crippen LogP contribution >= 0.6 is 34.7 Å². The molecule has 0 unspecified atom stereocenters. The van der Waals surface area contributed by atoms with Gasteiger partial charge in [0.25, 0.3) is 0 Å². The number of aromatic nitrogens is 4. The first-order chi connectivity index (χ1) is 11.1. The van der Waals surface area contributed by atoms with Crippen molar-refractivity contribution in [3.05, 3.63) is 41.3 Å². The van der Waals surface area contributed by atoms with Gasteiger partial charge in [-0.3, -0.25) is 0 Å². The lowest BCUT2D eigenvalue weighted by Gasteiger charge is -2.04. The predicted molar refractivity (Wildman–Crippen MR) is 92.1 cm³/mol. The summed E-state index contributed by atoms with van der Waals surface area (Å²) in [6.45, 7) is 1.80. The Labute approximate surface area is 146 Å². The zero-order chi connectivity index (χ0) is 16.2. The third-order valence-electron chi connectivity index (χ3n) is 2.70. The summed E-state index contributed by atoms with van der Waals surface area (Å²) >= 11 is 8.77. The zero-order valence-corrected chi connectivity index (χ0v) is 14.7. The quantitative estimate of drug-likeness (QED) is 0.679. The van der Waals surface area contributed by atoms with E-state index in [9.17, 15) is 0 Å². The fraction of sp³-hybridized carbons (Fsp3) is 0.143. The third kappa shape index (κ3) is 4.31. The molecule has 0 aliphatic carbocycles. The molecule has 0 bridgehead atoms. The van der Waals surface area contributed by atoms with Gasteiger partial charge in [0, 0.05) is 17.8 Å². The normalized spacial score (nSPS) is 10.6. The molecule has 3 aromatic rings. The zero-order valence-electron chi connectivity index (χ0n) is 12.3. The van der Waals surface area contributed by atoms with Gasteiger partial charge in [-0.15, -0.1) is 10.2 Å². The van der Waals surface area contributed by atoms with Crippen LogP contribution in [0.15, 0.2) is 39.7 Å². The molecule has 0 radical (unpaired) electrons. The van der Waals surface area contributed by atoms with E-state index in [2.05, 4.69) is 25.5 Å². The van der Waals surface area contributed by atoms with E-state index in [1.807, 2.05) is 24.3 Å². The Morgan fingerprint density at radius 1 is 1.22 bits per heavy atom. The minimum atomic E-state index is 0.416. The van der Waals surface area contributed by atoms with Gasteiger partial charge in [-0.2, -0.15) is 0 Å². The molecule has 0 saturated carbocycles. The van der Waals surface area contributed by atoms with Crippen molar-refractivity contribution in [2.24, 2.45) is 0 Å². The number of benzene rings is 1. The Bertz CT molecular complexity index is 806. The van der Waals surface area contributed by atoms with Crippen LogP contribution in [0.25, 0.3) is 0 Å². The summed E-state index contributed by atoms with van der Waals surface area (Å²) in [5.74, 6) is 1.40. The first kappa shape index (κ1) is 16.0. The summed E-state index contributed by atoms with van der Waals surface area (Å²) in [6.07, 6.45) is 0. The van der Waals surface area contributed by atoms with E-state index < -0.39 is 0 Å². The molecule has 9 heteroatoms. The lowest BCUT2D eigenvalue weighted by atomic mass is 10.3. The Balaban J connectivity index is 1.72. The van der Waals surface area contributed by atoms with Crippen molar-refractivity contribution in [3.8, 4) is 5.75 Å². The number of rotatable bonds is 5. The molecule has 2 heterocycles.